The normalized spacial score (nSPS) is 16.9. The van der Waals surface area contributed by atoms with Crippen molar-refractivity contribution >= 4 is 17.3 Å². The molecule has 2 N–H and O–H groups in total. The lowest BCUT2D eigenvalue weighted by Gasteiger charge is -2.22. The molecular formula is C15H21N3O. The van der Waals surface area contributed by atoms with Crippen molar-refractivity contribution in [1.82, 2.24) is 5.32 Å². The van der Waals surface area contributed by atoms with Gasteiger partial charge in [-0.3, -0.25) is 4.79 Å². The van der Waals surface area contributed by atoms with Crippen LogP contribution >= 0.6 is 0 Å². The summed E-state index contributed by atoms with van der Waals surface area (Å²) in [6, 6.07) is 5.92. The van der Waals surface area contributed by atoms with Crippen molar-refractivity contribution in [3.8, 4) is 0 Å². The SMILES string of the molecule is C=CCN(CC)c1ccc2c(c1)NC(=O)C2NCC. The van der Waals surface area contributed by atoms with Crippen LogP contribution < -0.4 is 15.5 Å². The molecule has 2 rings (SSSR count). The number of carbonyl (C=O) groups is 1. The second-order valence-electron chi connectivity index (χ2n) is 4.58. The standard InChI is InChI=1S/C15H21N3O/c1-4-9-18(6-3)11-7-8-12-13(10-11)17-15(19)14(12)16-5-2/h4,7-8,10,14,16H,1,5-6,9H2,2-3H3,(H,17,19). The van der Waals surface area contributed by atoms with E-state index in [0.717, 1.165) is 36.6 Å². The largest absolute Gasteiger partial charge is 0.368 e. The van der Waals surface area contributed by atoms with Gasteiger partial charge in [0.25, 0.3) is 0 Å². The summed E-state index contributed by atoms with van der Waals surface area (Å²) in [6.45, 7) is 10.4. The summed E-state index contributed by atoms with van der Waals surface area (Å²) in [7, 11) is 0. The average molecular weight is 259 g/mol. The Bertz CT molecular complexity index is 484. The molecule has 0 bridgehead atoms. The minimum absolute atomic E-state index is 0.0285. The molecule has 0 radical (unpaired) electrons. The van der Waals surface area contributed by atoms with Crippen LogP contribution in [0.5, 0.6) is 0 Å². The number of rotatable bonds is 6. The predicted octanol–water partition coefficient (Wildman–Crippen LogP) is 2.30. The molecule has 0 aromatic heterocycles. The van der Waals surface area contributed by atoms with Crippen LogP contribution in [0.3, 0.4) is 0 Å². The lowest BCUT2D eigenvalue weighted by atomic mass is 10.1. The summed E-state index contributed by atoms with van der Waals surface area (Å²) in [5, 5.41) is 6.14. The second-order valence-corrected chi connectivity index (χ2v) is 4.58. The maximum atomic E-state index is 11.9. The lowest BCUT2D eigenvalue weighted by Crippen LogP contribution is -2.27. The highest BCUT2D eigenvalue weighted by molar-refractivity contribution is 6.03. The van der Waals surface area contributed by atoms with Gasteiger partial charge in [-0.15, -0.1) is 6.58 Å². The molecule has 1 unspecified atom stereocenters. The van der Waals surface area contributed by atoms with Crippen LogP contribution in [0.25, 0.3) is 0 Å². The fourth-order valence-electron chi connectivity index (χ4n) is 2.43. The van der Waals surface area contributed by atoms with Crippen LogP contribution in [0, 0.1) is 0 Å². The van der Waals surface area contributed by atoms with E-state index in [1.165, 1.54) is 0 Å². The van der Waals surface area contributed by atoms with E-state index in [9.17, 15) is 4.79 Å². The third-order valence-corrected chi connectivity index (χ3v) is 3.37. The molecule has 1 aromatic carbocycles. The quantitative estimate of drug-likeness (QED) is 0.770. The third kappa shape index (κ3) is 2.63. The first-order valence-electron chi connectivity index (χ1n) is 6.75. The van der Waals surface area contributed by atoms with E-state index in [2.05, 4.69) is 35.1 Å². The first-order valence-corrected chi connectivity index (χ1v) is 6.75. The van der Waals surface area contributed by atoms with Crippen LogP contribution in [-0.2, 0) is 4.79 Å². The first kappa shape index (κ1) is 13.6. The predicted molar refractivity (Wildman–Crippen MR) is 79.6 cm³/mol. The Balaban J connectivity index is 2.28. The Morgan fingerprint density at radius 2 is 2.26 bits per heavy atom. The molecule has 19 heavy (non-hydrogen) atoms. The monoisotopic (exact) mass is 259 g/mol. The van der Waals surface area contributed by atoms with Gasteiger partial charge in [0.1, 0.15) is 6.04 Å². The van der Waals surface area contributed by atoms with Gasteiger partial charge in [-0.2, -0.15) is 0 Å². The van der Waals surface area contributed by atoms with Gasteiger partial charge in [0.2, 0.25) is 5.91 Å². The van der Waals surface area contributed by atoms with E-state index >= 15 is 0 Å². The second kappa shape index (κ2) is 5.89. The molecule has 0 spiro atoms. The minimum atomic E-state index is -0.219. The number of fused-ring (bicyclic) bond motifs is 1. The van der Waals surface area contributed by atoms with E-state index in [1.807, 2.05) is 25.1 Å². The molecule has 0 fully saturated rings. The smallest absolute Gasteiger partial charge is 0.246 e. The number of nitrogens with one attached hydrogen (secondary N) is 2. The Labute approximate surface area is 114 Å². The molecule has 1 aromatic rings. The van der Waals surface area contributed by atoms with E-state index in [4.69, 9.17) is 0 Å². The van der Waals surface area contributed by atoms with Gasteiger partial charge in [-0.05, 0) is 25.6 Å². The lowest BCUT2D eigenvalue weighted by molar-refractivity contribution is -0.117. The number of likely N-dealkylation sites (N-methyl/N-ethyl adjacent to an activating group) is 2. The zero-order valence-electron chi connectivity index (χ0n) is 11.6. The summed E-state index contributed by atoms with van der Waals surface area (Å²) in [5.41, 5.74) is 3.06. The van der Waals surface area contributed by atoms with Crippen molar-refractivity contribution in [2.45, 2.75) is 19.9 Å². The molecule has 0 saturated carbocycles. The highest BCUT2D eigenvalue weighted by Gasteiger charge is 2.29. The van der Waals surface area contributed by atoms with Crippen LogP contribution in [0.15, 0.2) is 30.9 Å². The molecule has 0 aliphatic carbocycles. The number of amides is 1. The molecule has 0 saturated heterocycles. The van der Waals surface area contributed by atoms with Crippen LogP contribution in [0.2, 0.25) is 0 Å². The Hall–Kier alpha value is -1.81. The Morgan fingerprint density at radius 1 is 1.47 bits per heavy atom. The maximum absolute atomic E-state index is 11.9. The van der Waals surface area contributed by atoms with Crippen molar-refractivity contribution in [3.63, 3.8) is 0 Å². The number of hydrogen-bond acceptors (Lipinski definition) is 3. The van der Waals surface area contributed by atoms with Gasteiger partial charge >= 0.3 is 0 Å². The summed E-state index contributed by atoms with van der Waals surface area (Å²) in [4.78, 5) is 14.1. The van der Waals surface area contributed by atoms with Crippen LogP contribution in [0.1, 0.15) is 25.5 Å². The molecule has 1 amide bonds. The fraction of sp³-hybridized carbons (Fsp3) is 0.400. The number of hydrogen-bond donors (Lipinski definition) is 2. The minimum Gasteiger partial charge on any atom is -0.368 e. The summed E-state index contributed by atoms with van der Waals surface area (Å²) < 4.78 is 0. The third-order valence-electron chi connectivity index (χ3n) is 3.37. The first-order chi connectivity index (χ1) is 9.21. The summed E-state index contributed by atoms with van der Waals surface area (Å²) in [6.07, 6.45) is 1.89. The van der Waals surface area contributed by atoms with E-state index in [-0.39, 0.29) is 11.9 Å². The van der Waals surface area contributed by atoms with E-state index in [1.54, 1.807) is 0 Å². The van der Waals surface area contributed by atoms with Crippen LogP contribution in [-0.4, -0.2) is 25.5 Å². The molecule has 1 heterocycles. The summed E-state index contributed by atoms with van der Waals surface area (Å²) >= 11 is 0. The van der Waals surface area contributed by atoms with Crippen molar-refractivity contribution in [3.05, 3.63) is 36.4 Å². The van der Waals surface area contributed by atoms with Gasteiger partial charge in [0, 0.05) is 30.0 Å². The van der Waals surface area contributed by atoms with Crippen molar-refractivity contribution in [2.75, 3.05) is 29.9 Å². The summed E-state index contributed by atoms with van der Waals surface area (Å²) in [5.74, 6) is 0.0285. The number of anilines is 2. The van der Waals surface area contributed by atoms with Gasteiger partial charge < -0.3 is 15.5 Å². The number of nitrogens with zero attached hydrogens (tertiary/aromatic N) is 1. The molecular weight excluding hydrogens is 238 g/mol. The van der Waals surface area contributed by atoms with Gasteiger partial charge in [0.05, 0.1) is 0 Å². The van der Waals surface area contributed by atoms with Crippen LogP contribution in [0.4, 0.5) is 11.4 Å². The topological polar surface area (TPSA) is 44.4 Å². The Kier molecular flexibility index (Phi) is 4.22. The molecule has 4 nitrogen and oxygen atoms in total. The average Bonchev–Trinajstić information content (AvgIpc) is 2.72. The zero-order valence-corrected chi connectivity index (χ0v) is 11.6. The number of carbonyl (C=O) groups excluding carboxylic acids is 1. The van der Waals surface area contributed by atoms with E-state index in [0.29, 0.717) is 0 Å². The van der Waals surface area contributed by atoms with Crippen molar-refractivity contribution in [1.29, 1.82) is 0 Å². The zero-order chi connectivity index (χ0) is 13.8. The maximum Gasteiger partial charge on any atom is 0.246 e. The number of benzene rings is 1. The highest BCUT2D eigenvalue weighted by Crippen LogP contribution is 2.33. The fourth-order valence-corrected chi connectivity index (χ4v) is 2.43. The Morgan fingerprint density at radius 3 is 2.89 bits per heavy atom. The molecule has 1 atom stereocenters. The van der Waals surface area contributed by atoms with Crippen molar-refractivity contribution < 1.29 is 4.79 Å². The van der Waals surface area contributed by atoms with E-state index < -0.39 is 0 Å². The van der Waals surface area contributed by atoms with Crippen molar-refractivity contribution in [2.24, 2.45) is 0 Å². The van der Waals surface area contributed by atoms with Gasteiger partial charge in [0.15, 0.2) is 0 Å². The molecule has 1 aliphatic rings. The molecule has 4 heteroatoms. The van der Waals surface area contributed by atoms with Gasteiger partial charge in [-0.1, -0.05) is 19.1 Å². The molecule has 1 aliphatic heterocycles. The van der Waals surface area contributed by atoms with Gasteiger partial charge in [-0.25, -0.2) is 0 Å². The molecule has 102 valence electrons. The highest BCUT2D eigenvalue weighted by atomic mass is 16.2.